The highest BCUT2D eigenvalue weighted by molar-refractivity contribution is 5.78. The van der Waals surface area contributed by atoms with E-state index in [1.807, 2.05) is 0 Å². The Morgan fingerprint density at radius 3 is 2.84 bits per heavy atom. The van der Waals surface area contributed by atoms with E-state index in [1.165, 1.54) is 0 Å². The van der Waals surface area contributed by atoms with Crippen LogP contribution in [0.5, 0.6) is 0 Å². The van der Waals surface area contributed by atoms with Gasteiger partial charge in [-0.1, -0.05) is 12.8 Å². The quantitative estimate of drug-likeness (QED) is 0.851. The normalized spacial score (nSPS) is 23.1. The number of anilines is 1. The third-order valence-electron chi connectivity index (χ3n) is 3.76. The number of nitrogens with zero attached hydrogens (tertiary/aromatic N) is 2. The smallest absolute Gasteiger partial charge is 0.228 e. The van der Waals surface area contributed by atoms with Gasteiger partial charge in [-0.15, -0.1) is 0 Å². The Morgan fingerprint density at radius 2 is 2.21 bits per heavy atom. The van der Waals surface area contributed by atoms with Crippen molar-refractivity contribution in [2.24, 2.45) is 0 Å². The van der Waals surface area contributed by atoms with Crippen molar-refractivity contribution in [1.82, 2.24) is 9.88 Å². The number of aliphatic hydroxyl groups excluding tert-OH is 1. The molecule has 2 atom stereocenters. The molecule has 19 heavy (non-hydrogen) atoms. The number of nitrogen functional groups attached to an aromatic ring is 1. The molecule has 5 heteroatoms. The molecule has 1 aromatic heterocycles. The molecule has 0 bridgehead atoms. The molecule has 0 radical (unpaired) electrons. The maximum absolute atomic E-state index is 12.2. The second-order valence-electron chi connectivity index (χ2n) is 5.18. The van der Waals surface area contributed by atoms with Crippen LogP contribution in [0.2, 0.25) is 0 Å². The first-order chi connectivity index (χ1) is 9.08. The lowest BCUT2D eigenvalue weighted by Crippen LogP contribution is -2.46. The van der Waals surface area contributed by atoms with Gasteiger partial charge in [0, 0.05) is 12.7 Å². The van der Waals surface area contributed by atoms with Crippen molar-refractivity contribution in [2.45, 2.75) is 44.2 Å². The minimum atomic E-state index is -0.401. The van der Waals surface area contributed by atoms with Crippen molar-refractivity contribution in [2.75, 3.05) is 12.8 Å². The first kappa shape index (κ1) is 13.8. The summed E-state index contributed by atoms with van der Waals surface area (Å²) in [4.78, 5) is 18.0. The zero-order chi connectivity index (χ0) is 13.8. The lowest BCUT2D eigenvalue weighted by atomic mass is 9.91. The SMILES string of the molecule is CN(C(=O)Cc1ccc(N)cn1)C1CCCCC1O. The number of rotatable bonds is 3. The van der Waals surface area contributed by atoms with Crippen LogP contribution < -0.4 is 5.73 Å². The molecule has 0 aromatic carbocycles. The van der Waals surface area contributed by atoms with E-state index in [4.69, 9.17) is 5.73 Å². The van der Waals surface area contributed by atoms with Crippen LogP contribution in [-0.2, 0) is 11.2 Å². The zero-order valence-corrected chi connectivity index (χ0v) is 11.2. The van der Waals surface area contributed by atoms with Gasteiger partial charge in [0.2, 0.25) is 5.91 Å². The number of aliphatic hydroxyl groups is 1. The predicted molar refractivity (Wildman–Crippen MR) is 73.4 cm³/mol. The van der Waals surface area contributed by atoms with Crippen molar-refractivity contribution < 1.29 is 9.90 Å². The Bertz CT molecular complexity index is 433. The van der Waals surface area contributed by atoms with Crippen molar-refractivity contribution >= 4 is 11.6 Å². The Balaban J connectivity index is 1.96. The van der Waals surface area contributed by atoms with Crippen molar-refractivity contribution in [3.63, 3.8) is 0 Å². The number of aromatic nitrogens is 1. The van der Waals surface area contributed by atoms with E-state index in [0.29, 0.717) is 11.4 Å². The number of carbonyl (C=O) groups is 1. The van der Waals surface area contributed by atoms with Gasteiger partial charge in [-0.25, -0.2) is 0 Å². The molecule has 0 saturated heterocycles. The van der Waals surface area contributed by atoms with Crippen LogP contribution in [0.3, 0.4) is 0 Å². The van der Waals surface area contributed by atoms with E-state index in [9.17, 15) is 9.90 Å². The van der Waals surface area contributed by atoms with Gasteiger partial charge in [0.05, 0.1) is 30.5 Å². The minimum Gasteiger partial charge on any atom is -0.397 e. The summed E-state index contributed by atoms with van der Waals surface area (Å²) >= 11 is 0. The number of amides is 1. The number of hydrogen-bond acceptors (Lipinski definition) is 4. The van der Waals surface area contributed by atoms with E-state index in [0.717, 1.165) is 25.7 Å². The van der Waals surface area contributed by atoms with Crippen LogP contribution in [0.15, 0.2) is 18.3 Å². The summed E-state index contributed by atoms with van der Waals surface area (Å²) in [6, 6.07) is 3.44. The van der Waals surface area contributed by atoms with Crippen LogP contribution in [0.25, 0.3) is 0 Å². The van der Waals surface area contributed by atoms with Crippen LogP contribution in [-0.4, -0.2) is 40.1 Å². The molecule has 1 fully saturated rings. The maximum atomic E-state index is 12.2. The zero-order valence-electron chi connectivity index (χ0n) is 11.2. The summed E-state index contributed by atoms with van der Waals surface area (Å²) in [5.41, 5.74) is 6.86. The summed E-state index contributed by atoms with van der Waals surface area (Å²) in [6.07, 6.45) is 5.17. The summed E-state index contributed by atoms with van der Waals surface area (Å²) in [5.74, 6) is -0.0109. The molecule has 0 spiro atoms. The van der Waals surface area contributed by atoms with E-state index < -0.39 is 6.10 Å². The van der Waals surface area contributed by atoms with Crippen LogP contribution in [0.1, 0.15) is 31.4 Å². The van der Waals surface area contributed by atoms with Gasteiger partial charge in [0.25, 0.3) is 0 Å². The molecule has 2 unspecified atom stereocenters. The van der Waals surface area contributed by atoms with Crippen molar-refractivity contribution in [3.8, 4) is 0 Å². The Hall–Kier alpha value is -1.62. The Labute approximate surface area is 113 Å². The summed E-state index contributed by atoms with van der Waals surface area (Å²) in [5, 5.41) is 9.96. The third kappa shape index (κ3) is 3.44. The van der Waals surface area contributed by atoms with Crippen molar-refractivity contribution in [3.05, 3.63) is 24.0 Å². The molecular formula is C14H21N3O2. The third-order valence-corrected chi connectivity index (χ3v) is 3.76. The van der Waals surface area contributed by atoms with Gasteiger partial charge in [-0.2, -0.15) is 0 Å². The molecule has 1 heterocycles. The molecule has 1 aromatic rings. The van der Waals surface area contributed by atoms with E-state index in [-0.39, 0.29) is 18.4 Å². The van der Waals surface area contributed by atoms with E-state index in [2.05, 4.69) is 4.98 Å². The summed E-state index contributed by atoms with van der Waals surface area (Å²) in [7, 11) is 1.76. The number of likely N-dealkylation sites (N-methyl/N-ethyl adjacent to an activating group) is 1. The average molecular weight is 263 g/mol. The molecule has 104 valence electrons. The van der Waals surface area contributed by atoms with Gasteiger partial charge in [-0.05, 0) is 25.0 Å². The highest BCUT2D eigenvalue weighted by Crippen LogP contribution is 2.22. The van der Waals surface area contributed by atoms with Gasteiger partial charge >= 0.3 is 0 Å². The standard InChI is InChI=1S/C14H21N3O2/c1-17(12-4-2-3-5-13(12)18)14(19)8-11-7-6-10(15)9-16-11/h6-7,9,12-13,18H,2-5,8,15H2,1H3. The maximum Gasteiger partial charge on any atom is 0.228 e. The van der Waals surface area contributed by atoms with Crippen LogP contribution in [0.4, 0.5) is 5.69 Å². The topological polar surface area (TPSA) is 79.5 Å². The lowest BCUT2D eigenvalue weighted by molar-refractivity contribution is -0.134. The second-order valence-corrected chi connectivity index (χ2v) is 5.18. The number of hydrogen-bond donors (Lipinski definition) is 2. The average Bonchev–Trinajstić information content (AvgIpc) is 2.41. The molecule has 2 rings (SSSR count). The largest absolute Gasteiger partial charge is 0.397 e. The molecular weight excluding hydrogens is 242 g/mol. The Morgan fingerprint density at radius 1 is 1.47 bits per heavy atom. The highest BCUT2D eigenvalue weighted by atomic mass is 16.3. The van der Waals surface area contributed by atoms with Gasteiger partial charge in [0.1, 0.15) is 0 Å². The van der Waals surface area contributed by atoms with Crippen LogP contribution in [0, 0.1) is 0 Å². The predicted octanol–water partition coefficient (Wildman–Crippen LogP) is 0.968. The minimum absolute atomic E-state index is 0.0109. The van der Waals surface area contributed by atoms with E-state index >= 15 is 0 Å². The van der Waals surface area contributed by atoms with Gasteiger partial charge in [0.15, 0.2) is 0 Å². The van der Waals surface area contributed by atoms with E-state index in [1.54, 1.807) is 30.3 Å². The lowest BCUT2D eigenvalue weighted by Gasteiger charge is -2.35. The summed E-state index contributed by atoms with van der Waals surface area (Å²) < 4.78 is 0. The summed E-state index contributed by atoms with van der Waals surface area (Å²) in [6.45, 7) is 0. The number of pyridine rings is 1. The monoisotopic (exact) mass is 263 g/mol. The molecule has 3 N–H and O–H groups in total. The fourth-order valence-corrected chi connectivity index (χ4v) is 2.55. The fraction of sp³-hybridized carbons (Fsp3) is 0.571. The second kappa shape index (κ2) is 6.02. The van der Waals surface area contributed by atoms with Gasteiger partial charge in [-0.3, -0.25) is 9.78 Å². The van der Waals surface area contributed by atoms with Crippen LogP contribution >= 0.6 is 0 Å². The van der Waals surface area contributed by atoms with Gasteiger partial charge < -0.3 is 15.7 Å². The fourth-order valence-electron chi connectivity index (χ4n) is 2.55. The molecule has 1 saturated carbocycles. The molecule has 5 nitrogen and oxygen atoms in total. The molecule has 1 amide bonds. The number of carbonyl (C=O) groups excluding carboxylic acids is 1. The number of nitrogens with two attached hydrogens (primary N) is 1. The molecule has 0 aliphatic heterocycles. The molecule has 1 aliphatic carbocycles. The highest BCUT2D eigenvalue weighted by Gasteiger charge is 2.29. The first-order valence-corrected chi connectivity index (χ1v) is 6.72. The Kier molecular flexibility index (Phi) is 4.37. The van der Waals surface area contributed by atoms with Crippen molar-refractivity contribution in [1.29, 1.82) is 0 Å². The molecule has 1 aliphatic rings. The first-order valence-electron chi connectivity index (χ1n) is 6.72.